The van der Waals surface area contributed by atoms with Crippen molar-refractivity contribution in [1.82, 2.24) is 10.2 Å². The molecule has 13 nitrogen and oxygen atoms in total. The van der Waals surface area contributed by atoms with Gasteiger partial charge in [0.15, 0.2) is 0 Å². The summed E-state index contributed by atoms with van der Waals surface area (Å²) in [5.74, 6) is 0.663. The monoisotopic (exact) mass is 634 g/mol. The molecule has 44 heavy (non-hydrogen) atoms. The third-order valence-corrected chi connectivity index (χ3v) is 7.94. The van der Waals surface area contributed by atoms with Gasteiger partial charge in [-0.15, -0.1) is 0 Å². The number of anilines is 2. The lowest BCUT2D eigenvalue weighted by molar-refractivity contribution is -0.0125. The van der Waals surface area contributed by atoms with E-state index in [0.29, 0.717) is 57.6 Å². The highest BCUT2D eigenvalue weighted by atomic mass is 32.2. The summed E-state index contributed by atoms with van der Waals surface area (Å²) in [5.41, 5.74) is 1.91. The van der Waals surface area contributed by atoms with Crippen molar-refractivity contribution in [3.8, 4) is 11.5 Å². The van der Waals surface area contributed by atoms with E-state index in [1.54, 1.807) is 55.9 Å². The Morgan fingerprint density at radius 2 is 1.64 bits per heavy atom. The second-order valence-electron chi connectivity index (χ2n) is 9.54. The van der Waals surface area contributed by atoms with Crippen LogP contribution in [-0.4, -0.2) is 110 Å². The number of benzene rings is 2. The third-order valence-electron chi connectivity index (χ3n) is 6.11. The summed E-state index contributed by atoms with van der Waals surface area (Å²) in [6.07, 6.45) is 2.05. The van der Waals surface area contributed by atoms with E-state index in [9.17, 15) is 13.5 Å². The molecule has 0 bridgehead atoms. The maximum Gasteiger partial charge on any atom is 0.268 e. The van der Waals surface area contributed by atoms with Crippen molar-refractivity contribution in [2.75, 3.05) is 89.8 Å². The standard InChI is InChI=1S/C30H42N4O9S/c1-24-18-26(20-28(19-24)43-11-10-31-25-8-9-32-33-21-25)34(44(36,37)30-7-5-4-6-29(30)39-3)22-27(35)23-42-17-16-41-15-14-40-13-12-38-2/h4-9,18-21,27,35H,10-17,22-23H2,1-3H3,(H,31,32). The van der Waals surface area contributed by atoms with Gasteiger partial charge in [0.1, 0.15) is 23.0 Å². The first-order chi connectivity index (χ1) is 21.3. The molecule has 1 atom stereocenters. The average molecular weight is 635 g/mol. The lowest BCUT2D eigenvalue weighted by atomic mass is 10.2. The van der Waals surface area contributed by atoms with Crippen LogP contribution >= 0.6 is 0 Å². The molecule has 0 radical (unpaired) electrons. The molecule has 0 fully saturated rings. The molecule has 3 rings (SSSR count). The van der Waals surface area contributed by atoms with Gasteiger partial charge in [0, 0.05) is 19.7 Å². The number of methoxy groups -OCH3 is 2. The number of sulfonamides is 1. The zero-order valence-corrected chi connectivity index (χ0v) is 26.2. The maximum atomic E-state index is 14.0. The SMILES string of the molecule is COCCOCCOCCOCC(O)CN(c1cc(C)cc(OCCNc2ccnnc2)c1)S(=O)(=O)c1ccccc1OC. The van der Waals surface area contributed by atoms with Crippen LogP contribution in [0.1, 0.15) is 5.56 Å². The minimum atomic E-state index is -4.17. The molecular formula is C30H42N4O9S. The van der Waals surface area contributed by atoms with Crippen molar-refractivity contribution in [3.63, 3.8) is 0 Å². The summed E-state index contributed by atoms with van der Waals surface area (Å²) in [7, 11) is -1.16. The number of rotatable bonds is 22. The Morgan fingerprint density at radius 1 is 0.909 bits per heavy atom. The van der Waals surface area contributed by atoms with Crippen LogP contribution in [0.3, 0.4) is 0 Å². The predicted octanol–water partition coefficient (Wildman–Crippen LogP) is 2.54. The van der Waals surface area contributed by atoms with Crippen LogP contribution in [0.15, 0.2) is 65.8 Å². The van der Waals surface area contributed by atoms with Gasteiger partial charge in [-0.25, -0.2) is 8.42 Å². The fourth-order valence-corrected chi connectivity index (χ4v) is 5.70. The van der Waals surface area contributed by atoms with Gasteiger partial charge in [0.25, 0.3) is 10.0 Å². The molecule has 0 saturated heterocycles. The van der Waals surface area contributed by atoms with Crippen molar-refractivity contribution in [3.05, 3.63) is 66.5 Å². The Balaban J connectivity index is 1.67. The molecule has 14 heteroatoms. The zero-order chi connectivity index (χ0) is 31.6. The van der Waals surface area contributed by atoms with E-state index in [2.05, 4.69) is 15.5 Å². The molecule has 1 unspecified atom stereocenters. The average Bonchev–Trinajstić information content (AvgIpc) is 3.03. The quantitative estimate of drug-likeness (QED) is 0.156. The first-order valence-corrected chi connectivity index (χ1v) is 15.6. The minimum Gasteiger partial charge on any atom is -0.495 e. The molecule has 0 aliphatic rings. The maximum absolute atomic E-state index is 14.0. The second kappa shape index (κ2) is 19.0. The van der Waals surface area contributed by atoms with Gasteiger partial charge in [0.05, 0.1) is 89.8 Å². The van der Waals surface area contributed by atoms with Crippen molar-refractivity contribution in [2.45, 2.75) is 17.9 Å². The zero-order valence-electron chi connectivity index (χ0n) is 25.4. The summed E-state index contributed by atoms with van der Waals surface area (Å²) in [6.45, 7) is 4.63. The largest absolute Gasteiger partial charge is 0.495 e. The Labute approximate surface area is 259 Å². The molecule has 0 aliphatic carbocycles. The van der Waals surface area contributed by atoms with Crippen LogP contribution in [0.4, 0.5) is 11.4 Å². The highest BCUT2D eigenvalue weighted by Gasteiger charge is 2.30. The topological polar surface area (TPSA) is 151 Å². The van der Waals surface area contributed by atoms with E-state index in [1.807, 2.05) is 13.0 Å². The molecule has 0 spiro atoms. The first-order valence-electron chi connectivity index (χ1n) is 14.2. The number of aromatic nitrogens is 2. The molecule has 0 aliphatic heterocycles. The van der Waals surface area contributed by atoms with Crippen LogP contribution in [0.5, 0.6) is 11.5 Å². The fourth-order valence-electron chi connectivity index (χ4n) is 4.05. The highest BCUT2D eigenvalue weighted by molar-refractivity contribution is 7.93. The first kappa shape index (κ1) is 35.0. The van der Waals surface area contributed by atoms with E-state index in [4.69, 9.17) is 28.4 Å². The normalized spacial score (nSPS) is 12.1. The second-order valence-corrected chi connectivity index (χ2v) is 11.4. The molecule has 1 heterocycles. The van der Waals surface area contributed by atoms with E-state index >= 15 is 0 Å². The molecule has 242 valence electrons. The van der Waals surface area contributed by atoms with E-state index in [1.165, 1.54) is 13.2 Å². The van der Waals surface area contributed by atoms with E-state index in [-0.39, 0.29) is 30.4 Å². The third kappa shape index (κ3) is 11.5. The van der Waals surface area contributed by atoms with Crippen LogP contribution < -0.4 is 19.1 Å². The highest BCUT2D eigenvalue weighted by Crippen LogP contribution is 2.32. The number of nitrogens with one attached hydrogen (secondary N) is 1. The molecule has 3 aromatic rings. The molecule has 0 amide bonds. The lowest BCUT2D eigenvalue weighted by Crippen LogP contribution is -2.39. The summed E-state index contributed by atoms with van der Waals surface area (Å²) in [5, 5.41) is 21.6. The van der Waals surface area contributed by atoms with E-state index in [0.717, 1.165) is 15.6 Å². The van der Waals surface area contributed by atoms with Crippen molar-refractivity contribution in [1.29, 1.82) is 0 Å². The lowest BCUT2D eigenvalue weighted by Gasteiger charge is -2.28. The van der Waals surface area contributed by atoms with Gasteiger partial charge < -0.3 is 38.8 Å². The van der Waals surface area contributed by atoms with Crippen molar-refractivity contribution in [2.24, 2.45) is 0 Å². The number of aliphatic hydroxyl groups is 1. The van der Waals surface area contributed by atoms with Crippen LogP contribution in [0.2, 0.25) is 0 Å². The van der Waals surface area contributed by atoms with Crippen molar-refractivity contribution < 1.29 is 41.9 Å². The fraction of sp³-hybridized carbons (Fsp3) is 0.467. The molecule has 0 saturated carbocycles. The Bertz CT molecular complexity index is 1350. The molecule has 2 N–H and O–H groups in total. The summed E-state index contributed by atoms with van der Waals surface area (Å²) >= 11 is 0. The van der Waals surface area contributed by atoms with Gasteiger partial charge >= 0.3 is 0 Å². The van der Waals surface area contributed by atoms with E-state index < -0.39 is 16.1 Å². The van der Waals surface area contributed by atoms with Crippen molar-refractivity contribution >= 4 is 21.4 Å². The minimum absolute atomic E-state index is 0.0316. The number of hydrogen-bond donors (Lipinski definition) is 2. The number of ether oxygens (including phenoxy) is 6. The number of nitrogens with zero attached hydrogens (tertiary/aromatic N) is 3. The smallest absolute Gasteiger partial charge is 0.268 e. The number of aliphatic hydroxyl groups excluding tert-OH is 1. The summed E-state index contributed by atoms with van der Waals surface area (Å²) in [6, 6.07) is 13.3. The molecule has 2 aromatic carbocycles. The van der Waals surface area contributed by atoms with Gasteiger partial charge in [-0.3, -0.25) is 4.31 Å². The Morgan fingerprint density at radius 3 is 2.34 bits per heavy atom. The number of hydrogen-bond acceptors (Lipinski definition) is 12. The predicted molar refractivity (Wildman–Crippen MR) is 165 cm³/mol. The van der Waals surface area contributed by atoms with Gasteiger partial charge in [-0.1, -0.05) is 12.1 Å². The van der Waals surface area contributed by atoms with Gasteiger partial charge in [0.2, 0.25) is 0 Å². The number of aryl methyl sites for hydroxylation is 1. The van der Waals surface area contributed by atoms with Gasteiger partial charge in [-0.05, 0) is 42.8 Å². The van der Waals surface area contributed by atoms with Crippen LogP contribution in [-0.2, 0) is 29.0 Å². The number of para-hydroxylation sites is 1. The molecular weight excluding hydrogens is 592 g/mol. The van der Waals surface area contributed by atoms with Crippen LogP contribution in [0, 0.1) is 6.92 Å². The Hall–Kier alpha value is -3.53. The Kier molecular flexibility index (Phi) is 15.1. The molecule has 1 aromatic heterocycles. The van der Waals surface area contributed by atoms with Gasteiger partial charge in [-0.2, -0.15) is 10.2 Å². The van der Waals surface area contributed by atoms with Crippen LogP contribution in [0.25, 0.3) is 0 Å². The summed E-state index contributed by atoms with van der Waals surface area (Å²) in [4.78, 5) is -0.0316. The summed E-state index contributed by atoms with van der Waals surface area (Å²) < 4.78 is 61.8.